The van der Waals surface area contributed by atoms with Gasteiger partial charge in [0.15, 0.2) is 5.41 Å². The van der Waals surface area contributed by atoms with Crippen molar-refractivity contribution in [2.75, 3.05) is 26.7 Å². The predicted molar refractivity (Wildman–Crippen MR) is 158 cm³/mol. The lowest BCUT2D eigenvalue weighted by Gasteiger charge is -2.29. The smallest absolute Gasteiger partial charge is 0.388 e. The van der Waals surface area contributed by atoms with Gasteiger partial charge >= 0.3 is 12.4 Å². The number of alkyl halides is 6. The Kier molecular flexibility index (Phi) is 21.6. The van der Waals surface area contributed by atoms with E-state index in [9.17, 15) is 34.8 Å². The molecule has 3 nitrogen and oxygen atoms in total. The highest BCUT2D eigenvalue weighted by Crippen LogP contribution is 2.59. The Balaban J connectivity index is -0.000000213. The van der Waals surface area contributed by atoms with Gasteiger partial charge in [-0.05, 0) is 67.6 Å². The van der Waals surface area contributed by atoms with E-state index >= 15 is 0 Å². The molecule has 0 heterocycles. The van der Waals surface area contributed by atoms with Crippen molar-refractivity contribution in [3.05, 3.63) is 12.2 Å². The van der Waals surface area contributed by atoms with Gasteiger partial charge in [-0.2, -0.15) is 26.3 Å². The van der Waals surface area contributed by atoms with Crippen LogP contribution in [0, 0.1) is 46.3 Å². The number of halogens is 6. The fraction of sp³-hybridized carbons (Fsp3) is 0.933. The first-order valence-corrected chi connectivity index (χ1v) is 15.8. The summed E-state index contributed by atoms with van der Waals surface area (Å²) in [6.07, 6.45) is 1.06. The van der Waals surface area contributed by atoms with Crippen molar-refractivity contribution in [3.8, 4) is 0 Å². The number of sulfone groups is 1. The molecule has 0 aliphatic heterocycles. The summed E-state index contributed by atoms with van der Waals surface area (Å²) in [6.45, 7) is 18.1. The molecule has 6 atom stereocenters. The van der Waals surface area contributed by atoms with E-state index in [2.05, 4.69) is 72.3 Å². The molecule has 10 heteroatoms. The topological polar surface area (TPSA) is 43.4 Å². The third-order valence-electron chi connectivity index (χ3n) is 6.06. The minimum absolute atomic E-state index is 0. The number of rotatable bonds is 0. The molecule has 0 aromatic rings. The largest absolute Gasteiger partial charge is 0.402 e. The second kappa shape index (κ2) is 18.7. The molecule has 0 aromatic heterocycles. The number of hydrogen-bond acceptors (Lipinski definition) is 3. The van der Waals surface area contributed by atoms with Crippen molar-refractivity contribution >= 4 is 9.84 Å². The van der Waals surface area contributed by atoms with Gasteiger partial charge in [-0.3, -0.25) is 0 Å². The van der Waals surface area contributed by atoms with E-state index in [-0.39, 0.29) is 21.3 Å². The molecule has 3 aliphatic rings. The van der Waals surface area contributed by atoms with Crippen molar-refractivity contribution in [2.45, 2.75) is 108 Å². The second-order valence-electron chi connectivity index (χ2n) is 13.2. The van der Waals surface area contributed by atoms with Gasteiger partial charge in [-0.1, -0.05) is 81.4 Å². The van der Waals surface area contributed by atoms with Crippen LogP contribution in [0.4, 0.5) is 26.3 Å². The normalized spacial score (nSPS) is 26.4. The molecule has 6 unspecified atom stereocenters. The Morgan fingerprint density at radius 3 is 1.07 bits per heavy atom. The van der Waals surface area contributed by atoms with Crippen LogP contribution in [-0.2, 0) is 14.6 Å². The monoisotopic (exact) mass is 614 g/mol. The average molecular weight is 615 g/mol. The Labute approximate surface area is 242 Å². The lowest BCUT2D eigenvalue weighted by atomic mass is 9.80. The Morgan fingerprint density at radius 2 is 0.925 bits per heavy atom. The van der Waals surface area contributed by atoms with E-state index in [1.54, 1.807) is 14.2 Å². The van der Waals surface area contributed by atoms with Gasteiger partial charge < -0.3 is 4.74 Å². The second-order valence-corrected chi connectivity index (χ2v) is 15.5. The van der Waals surface area contributed by atoms with E-state index in [0.717, 1.165) is 48.0 Å². The molecule has 0 amide bonds. The number of fused-ring (bicyclic) bond motifs is 5. The van der Waals surface area contributed by atoms with Crippen LogP contribution >= 0.6 is 0 Å². The summed E-state index contributed by atoms with van der Waals surface area (Å²) in [5, 5.41) is 0. The predicted octanol–water partition coefficient (Wildman–Crippen LogP) is 10.3. The first kappa shape index (κ1) is 46.2. The minimum atomic E-state index is -5.24. The van der Waals surface area contributed by atoms with Crippen molar-refractivity contribution in [2.24, 2.45) is 46.3 Å². The van der Waals surface area contributed by atoms with Crippen molar-refractivity contribution in [1.29, 1.82) is 0 Å². The third-order valence-corrected chi connectivity index (χ3v) is 6.06. The van der Waals surface area contributed by atoms with Gasteiger partial charge in [-0.15, -0.1) is 0 Å². The molecule has 0 N–H and O–H groups in total. The Morgan fingerprint density at radius 1 is 0.725 bits per heavy atom. The molecule has 40 heavy (non-hydrogen) atoms. The van der Waals surface area contributed by atoms with E-state index in [1.807, 2.05) is 0 Å². The lowest BCUT2D eigenvalue weighted by Crippen LogP contribution is -2.44. The van der Waals surface area contributed by atoms with Crippen LogP contribution in [0.5, 0.6) is 0 Å². The maximum absolute atomic E-state index is 11.6. The highest BCUT2D eigenvalue weighted by molar-refractivity contribution is 7.89. The van der Waals surface area contributed by atoms with E-state index in [4.69, 9.17) is 0 Å². The molecule has 0 aromatic carbocycles. The minimum Gasteiger partial charge on any atom is -0.388 e. The summed E-state index contributed by atoms with van der Waals surface area (Å²) in [5.41, 5.74) is -3.12. The summed E-state index contributed by atoms with van der Waals surface area (Å²) in [4.78, 5) is 0. The molecule has 2 fully saturated rings. The van der Waals surface area contributed by atoms with Gasteiger partial charge in [0, 0.05) is 26.7 Å². The summed E-state index contributed by atoms with van der Waals surface area (Å²) in [6, 6.07) is 0. The summed E-state index contributed by atoms with van der Waals surface area (Å²) in [7, 11) is 0.583. The molecule has 3 aliphatic carbocycles. The molecule has 0 radical (unpaired) electrons. The molecule has 2 bridgehead atoms. The zero-order valence-corrected chi connectivity index (χ0v) is 27.5. The van der Waals surface area contributed by atoms with Crippen LogP contribution in [0.1, 0.15) is 95.9 Å². The summed E-state index contributed by atoms with van der Waals surface area (Å²) < 4.78 is 93.2. The van der Waals surface area contributed by atoms with Gasteiger partial charge in [-0.25, -0.2) is 8.42 Å². The lowest BCUT2D eigenvalue weighted by molar-refractivity contribution is -0.327. The fourth-order valence-corrected chi connectivity index (χ4v) is 4.56. The van der Waals surface area contributed by atoms with Crippen LogP contribution in [0.3, 0.4) is 0 Å². The quantitative estimate of drug-likeness (QED) is 0.201. The van der Waals surface area contributed by atoms with E-state index < -0.39 is 27.6 Å². The van der Waals surface area contributed by atoms with Crippen LogP contribution in [0.25, 0.3) is 0 Å². The Hall–Kier alpha value is -0.770. The van der Waals surface area contributed by atoms with Crippen molar-refractivity contribution < 1.29 is 39.5 Å². The van der Waals surface area contributed by atoms with Crippen molar-refractivity contribution in [3.63, 3.8) is 0 Å². The van der Waals surface area contributed by atoms with Gasteiger partial charge in [0.05, 0.1) is 0 Å². The molecular weight excluding hydrogens is 554 g/mol. The maximum Gasteiger partial charge on any atom is 0.402 e. The molecule has 246 valence electrons. The van der Waals surface area contributed by atoms with Gasteiger partial charge in [0.2, 0.25) is 0 Å². The average Bonchev–Trinajstić information content (AvgIpc) is 3.34. The molecule has 0 spiro atoms. The van der Waals surface area contributed by atoms with Crippen LogP contribution in [0.2, 0.25) is 0 Å². The fourth-order valence-electron chi connectivity index (χ4n) is 4.56. The number of methoxy groups -OCH3 is 1. The zero-order chi connectivity index (χ0) is 32.2. The van der Waals surface area contributed by atoms with Crippen LogP contribution in [0.15, 0.2) is 12.2 Å². The first-order chi connectivity index (χ1) is 17.1. The standard InChI is InChI=1S/C12H18.C5H6F6.C5H12.C3H8.C2H6O2S.C2H6O.CH4/c1-7-5-8(2)12-10-4-3-9(6-10)11(7)12;1-3(2,4(6,7)8)5(9,10)11;1-5(2,3)4;1-3-2;1-5(2,3)4;1-3-2;/h3-4,7-12H,5-6H2,1-2H3;1-2H3;1-4H3;3H2,1-2H3;1-2H3;1-2H3;1H4. The highest BCUT2D eigenvalue weighted by Gasteiger charge is 2.64. The number of hydrogen-bond donors (Lipinski definition) is 0. The number of ether oxygens (including phenoxy) is 1. The molecule has 2 saturated carbocycles. The summed E-state index contributed by atoms with van der Waals surface area (Å²) in [5.74, 6) is 6.08. The zero-order valence-electron chi connectivity index (χ0n) is 26.6. The van der Waals surface area contributed by atoms with Crippen LogP contribution < -0.4 is 0 Å². The molecule has 0 saturated heterocycles. The maximum atomic E-state index is 11.6. The van der Waals surface area contributed by atoms with Crippen molar-refractivity contribution in [1.82, 2.24) is 0 Å². The molecule has 3 rings (SSSR count). The SMILES string of the molecule is C.CC(C)(C(F)(F)F)C(F)(F)F.CC(C)(C)C.CC1CC(C)C2C3C=CC(C3)C12.CCC.COC.CS(C)(=O)=O. The van der Waals surface area contributed by atoms with Crippen LogP contribution in [-0.4, -0.2) is 47.5 Å². The Bertz CT molecular complexity index is 727. The van der Waals surface area contributed by atoms with Gasteiger partial charge in [0.25, 0.3) is 0 Å². The third kappa shape index (κ3) is 19.4. The van der Waals surface area contributed by atoms with E-state index in [0.29, 0.717) is 5.41 Å². The highest BCUT2D eigenvalue weighted by atomic mass is 32.2. The first-order valence-electron chi connectivity index (χ1n) is 13.5. The van der Waals surface area contributed by atoms with E-state index in [1.165, 1.54) is 19.3 Å². The number of allylic oxidation sites excluding steroid dienone is 2. The van der Waals surface area contributed by atoms with Gasteiger partial charge in [0.1, 0.15) is 9.84 Å². The summed E-state index contributed by atoms with van der Waals surface area (Å²) >= 11 is 0. The molecular formula is C30H60F6O3S.